The smallest absolute Gasteiger partial charge is 0.226 e. The van der Waals surface area contributed by atoms with Crippen molar-refractivity contribution >= 4 is 23.3 Å². The van der Waals surface area contributed by atoms with Crippen LogP contribution in [-0.2, 0) is 11.3 Å². The van der Waals surface area contributed by atoms with Crippen LogP contribution < -0.4 is 5.32 Å². The molecule has 0 radical (unpaired) electrons. The number of benzene rings is 2. The minimum atomic E-state index is -0.330. The number of amides is 1. The number of carbonyl (C=O) groups is 1. The van der Waals surface area contributed by atoms with Crippen molar-refractivity contribution in [1.29, 1.82) is 0 Å². The lowest BCUT2D eigenvalue weighted by atomic mass is 9.87. The maximum atomic E-state index is 14.2. The third-order valence-electron chi connectivity index (χ3n) is 4.42. The number of hydrogen-bond donors (Lipinski definition) is 1. The van der Waals surface area contributed by atoms with Crippen LogP contribution in [0.15, 0.2) is 54.7 Å². The van der Waals surface area contributed by atoms with Gasteiger partial charge in [0.25, 0.3) is 0 Å². The van der Waals surface area contributed by atoms with Crippen molar-refractivity contribution in [2.75, 3.05) is 5.32 Å². The first-order valence-corrected chi connectivity index (χ1v) is 8.34. The summed E-state index contributed by atoms with van der Waals surface area (Å²) in [6, 6.07) is 14.0. The number of rotatable bonds is 3. The summed E-state index contributed by atoms with van der Waals surface area (Å²) in [4.78, 5) is 12.2. The Kier molecular flexibility index (Phi) is 4.01. The molecule has 1 aliphatic rings. The minimum Gasteiger partial charge on any atom is -0.311 e. The molecule has 1 amide bonds. The van der Waals surface area contributed by atoms with E-state index >= 15 is 0 Å². The van der Waals surface area contributed by atoms with E-state index < -0.39 is 0 Å². The molecule has 1 N–H and O–H groups in total. The van der Waals surface area contributed by atoms with Crippen LogP contribution in [0, 0.1) is 5.82 Å². The number of nitrogens with zero attached hydrogens (tertiary/aromatic N) is 2. The van der Waals surface area contributed by atoms with Crippen LogP contribution in [0.5, 0.6) is 0 Å². The van der Waals surface area contributed by atoms with Crippen LogP contribution in [0.25, 0.3) is 0 Å². The second kappa shape index (κ2) is 6.33. The molecule has 126 valence electrons. The van der Waals surface area contributed by atoms with Gasteiger partial charge in [-0.15, -0.1) is 0 Å². The summed E-state index contributed by atoms with van der Waals surface area (Å²) in [7, 11) is 0. The van der Waals surface area contributed by atoms with Crippen molar-refractivity contribution in [3.63, 3.8) is 0 Å². The number of halogens is 2. The highest BCUT2D eigenvalue weighted by molar-refractivity contribution is 6.30. The zero-order chi connectivity index (χ0) is 17.4. The highest BCUT2D eigenvalue weighted by Gasteiger charge is 2.31. The quantitative estimate of drug-likeness (QED) is 0.765. The van der Waals surface area contributed by atoms with Gasteiger partial charge in [-0.05, 0) is 29.3 Å². The monoisotopic (exact) mass is 355 g/mol. The van der Waals surface area contributed by atoms with Crippen LogP contribution in [0.2, 0.25) is 5.02 Å². The summed E-state index contributed by atoms with van der Waals surface area (Å²) in [5.41, 5.74) is 2.36. The lowest BCUT2D eigenvalue weighted by Gasteiger charge is -2.24. The lowest BCUT2D eigenvalue weighted by Crippen LogP contribution is -2.25. The first-order chi connectivity index (χ1) is 12.1. The predicted molar refractivity (Wildman–Crippen MR) is 94.3 cm³/mol. The van der Waals surface area contributed by atoms with Crippen LogP contribution in [0.3, 0.4) is 0 Å². The van der Waals surface area contributed by atoms with Gasteiger partial charge in [-0.25, -0.2) is 9.07 Å². The number of anilines is 1. The first kappa shape index (κ1) is 15.8. The molecule has 0 unspecified atom stereocenters. The van der Waals surface area contributed by atoms with Gasteiger partial charge in [-0.3, -0.25) is 4.79 Å². The van der Waals surface area contributed by atoms with E-state index in [-0.39, 0.29) is 24.1 Å². The Morgan fingerprint density at radius 1 is 1.16 bits per heavy atom. The van der Waals surface area contributed by atoms with Crippen molar-refractivity contribution in [1.82, 2.24) is 9.78 Å². The number of nitrogens with one attached hydrogen (secondary N) is 1. The number of hydrogen-bond acceptors (Lipinski definition) is 2. The molecule has 1 aliphatic heterocycles. The zero-order valence-electron chi connectivity index (χ0n) is 13.2. The van der Waals surface area contributed by atoms with Gasteiger partial charge in [-0.1, -0.05) is 41.9 Å². The van der Waals surface area contributed by atoms with Crippen molar-refractivity contribution in [2.45, 2.75) is 18.9 Å². The van der Waals surface area contributed by atoms with Crippen LogP contribution in [-0.4, -0.2) is 15.7 Å². The second-order valence-electron chi connectivity index (χ2n) is 6.06. The number of carbonyl (C=O) groups excluding carboxylic acids is 1. The Morgan fingerprint density at radius 2 is 1.92 bits per heavy atom. The number of fused-ring (bicyclic) bond motifs is 1. The summed E-state index contributed by atoms with van der Waals surface area (Å²) in [6.45, 7) is 0.497. The highest BCUT2D eigenvalue weighted by atomic mass is 35.5. The normalized spacial score (nSPS) is 16.4. The van der Waals surface area contributed by atoms with Gasteiger partial charge >= 0.3 is 0 Å². The topological polar surface area (TPSA) is 46.9 Å². The molecule has 1 atom stereocenters. The van der Waals surface area contributed by atoms with Crippen molar-refractivity contribution in [2.24, 2.45) is 0 Å². The Labute approximate surface area is 149 Å². The molecule has 3 aromatic rings. The largest absolute Gasteiger partial charge is 0.311 e. The molecular weight excluding hydrogens is 341 g/mol. The average Bonchev–Trinajstić information content (AvgIpc) is 2.99. The van der Waals surface area contributed by atoms with E-state index in [0.29, 0.717) is 22.9 Å². The molecule has 4 nitrogen and oxygen atoms in total. The fourth-order valence-electron chi connectivity index (χ4n) is 3.19. The van der Waals surface area contributed by atoms with E-state index in [9.17, 15) is 9.18 Å². The lowest BCUT2D eigenvalue weighted by molar-refractivity contribution is -0.116. The SMILES string of the molecule is O=C1C[C@@H](c2ccccc2F)c2cnn(Cc3ccc(Cl)cc3)c2N1. The number of aromatic nitrogens is 2. The zero-order valence-corrected chi connectivity index (χ0v) is 14.0. The van der Waals surface area contributed by atoms with Gasteiger partial charge in [-0.2, -0.15) is 5.10 Å². The fourth-order valence-corrected chi connectivity index (χ4v) is 3.31. The van der Waals surface area contributed by atoms with E-state index in [2.05, 4.69) is 10.4 Å². The highest BCUT2D eigenvalue weighted by Crippen LogP contribution is 2.38. The Morgan fingerprint density at radius 3 is 2.68 bits per heavy atom. The van der Waals surface area contributed by atoms with Gasteiger partial charge in [0.15, 0.2) is 0 Å². The summed E-state index contributed by atoms with van der Waals surface area (Å²) < 4.78 is 15.9. The Hall–Kier alpha value is -2.66. The summed E-state index contributed by atoms with van der Waals surface area (Å²) in [6.07, 6.45) is 1.92. The van der Waals surface area contributed by atoms with E-state index in [1.165, 1.54) is 6.07 Å². The third-order valence-corrected chi connectivity index (χ3v) is 4.67. The van der Waals surface area contributed by atoms with Gasteiger partial charge < -0.3 is 5.32 Å². The predicted octanol–water partition coefficient (Wildman–Crippen LogP) is 4.20. The molecular formula is C19H15ClFN3O. The maximum absolute atomic E-state index is 14.2. The van der Waals surface area contributed by atoms with E-state index in [1.807, 2.05) is 24.3 Å². The molecule has 0 saturated carbocycles. The third kappa shape index (κ3) is 3.03. The standard InChI is InChI=1S/C19H15ClFN3O/c20-13-7-5-12(6-8-13)11-24-19-16(10-22-24)15(9-18(25)23-19)14-3-1-2-4-17(14)21/h1-8,10,15H,9,11H2,(H,23,25)/t15-/m0/s1. The van der Waals surface area contributed by atoms with E-state index in [0.717, 1.165) is 11.1 Å². The molecule has 0 bridgehead atoms. The van der Waals surface area contributed by atoms with E-state index in [1.54, 1.807) is 29.1 Å². The second-order valence-corrected chi connectivity index (χ2v) is 6.50. The molecule has 0 saturated heterocycles. The molecule has 2 aromatic carbocycles. The molecule has 1 aromatic heterocycles. The van der Waals surface area contributed by atoms with Gasteiger partial charge in [0, 0.05) is 22.9 Å². The Balaban J connectivity index is 1.71. The summed E-state index contributed by atoms with van der Waals surface area (Å²) in [5.74, 6) is -0.152. The molecule has 4 rings (SSSR count). The summed E-state index contributed by atoms with van der Waals surface area (Å²) in [5, 5.41) is 7.94. The maximum Gasteiger partial charge on any atom is 0.226 e. The molecule has 0 aliphatic carbocycles. The molecule has 0 spiro atoms. The van der Waals surface area contributed by atoms with Crippen LogP contribution >= 0.6 is 11.6 Å². The molecule has 0 fully saturated rings. The van der Waals surface area contributed by atoms with Gasteiger partial charge in [0.2, 0.25) is 5.91 Å². The van der Waals surface area contributed by atoms with E-state index in [4.69, 9.17) is 11.6 Å². The van der Waals surface area contributed by atoms with Crippen molar-refractivity contribution in [3.05, 3.63) is 82.3 Å². The first-order valence-electron chi connectivity index (χ1n) is 7.96. The molecule has 6 heteroatoms. The minimum absolute atomic E-state index is 0.140. The van der Waals surface area contributed by atoms with Gasteiger partial charge in [0.1, 0.15) is 11.6 Å². The molecule has 25 heavy (non-hydrogen) atoms. The average molecular weight is 356 g/mol. The van der Waals surface area contributed by atoms with Gasteiger partial charge in [0.05, 0.1) is 12.7 Å². The van der Waals surface area contributed by atoms with Crippen LogP contribution in [0.4, 0.5) is 10.2 Å². The van der Waals surface area contributed by atoms with Crippen molar-refractivity contribution in [3.8, 4) is 0 Å². The fraction of sp³-hybridized carbons (Fsp3) is 0.158. The summed E-state index contributed by atoms with van der Waals surface area (Å²) >= 11 is 5.91. The molecule has 2 heterocycles. The van der Waals surface area contributed by atoms with Crippen LogP contribution in [0.1, 0.15) is 29.0 Å². The van der Waals surface area contributed by atoms with Crippen molar-refractivity contribution < 1.29 is 9.18 Å². The Bertz CT molecular complexity index is 936.